The summed E-state index contributed by atoms with van der Waals surface area (Å²) in [5.74, 6) is -0.915. The van der Waals surface area contributed by atoms with Crippen LogP contribution in [-0.4, -0.2) is 21.4 Å². The van der Waals surface area contributed by atoms with Crippen LogP contribution < -0.4 is 0 Å². The molecule has 6 rings (SSSR count). The number of aliphatic carboxylic acids is 1. The van der Waals surface area contributed by atoms with Gasteiger partial charge in [-0.25, -0.2) is 4.39 Å². The van der Waals surface area contributed by atoms with E-state index in [4.69, 9.17) is 5.11 Å². The van der Waals surface area contributed by atoms with Crippen molar-refractivity contribution < 1.29 is 19.1 Å². The number of carbonyl (C=O) groups excluding carboxylic acids is 1. The molecule has 2 saturated carbocycles. The average molecular weight is 456 g/mol. The Kier molecular flexibility index (Phi) is 4.83. The summed E-state index contributed by atoms with van der Waals surface area (Å²) < 4.78 is 16.6. The molecule has 0 unspecified atom stereocenters. The van der Waals surface area contributed by atoms with Gasteiger partial charge in [0.25, 0.3) is 0 Å². The van der Waals surface area contributed by atoms with E-state index in [0.29, 0.717) is 29.4 Å². The first kappa shape index (κ1) is 21.1. The van der Waals surface area contributed by atoms with Crippen molar-refractivity contribution in [3.8, 4) is 0 Å². The number of hydrogen-bond acceptors (Lipinski definition) is 2. The second-order valence-corrected chi connectivity index (χ2v) is 10.3. The zero-order valence-corrected chi connectivity index (χ0v) is 18.8. The number of rotatable bonds is 6. The SMILES string of the molecule is O=C(CC1CC2(C1)CC(C(=O)O)C2)c1ccc(F)c2ccn(Cc3ccc4ccccc4c3)c12. The van der Waals surface area contributed by atoms with Gasteiger partial charge in [0.1, 0.15) is 5.82 Å². The molecule has 1 aromatic heterocycles. The lowest BCUT2D eigenvalue weighted by Gasteiger charge is -2.56. The summed E-state index contributed by atoms with van der Waals surface area (Å²) >= 11 is 0. The highest BCUT2D eigenvalue weighted by atomic mass is 19.1. The molecule has 1 heterocycles. The van der Waals surface area contributed by atoms with Crippen LogP contribution in [0.3, 0.4) is 0 Å². The van der Waals surface area contributed by atoms with Crippen LogP contribution in [0, 0.1) is 23.1 Å². The van der Waals surface area contributed by atoms with E-state index in [9.17, 15) is 14.0 Å². The number of aromatic nitrogens is 1. The van der Waals surface area contributed by atoms with Crippen LogP contribution in [0.15, 0.2) is 66.9 Å². The Balaban J connectivity index is 1.23. The number of carboxylic acid groups (broad SMARTS) is 1. The minimum absolute atomic E-state index is 0.0393. The molecule has 0 bridgehead atoms. The summed E-state index contributed by atoms with van der Waals surface area (Å²) in [5, 5.41) is 11.9. The van der Waals surface area contributed by atoms with E-state index in [0.717, 1.165) is 36.6 Å². The highest BCUT2D eigenvalue weighted by molar-refractivity contribution is 6.07. The fourth-order valence-corrected chi connectivity index (χ4v) is 6.36. The van der Waals surface area contributed by atoms with Crippen molar-refractivity contribution in [3.05, 3.63) is 83.8 Å². The van der Waals surface area contributed by atoms with Crippen molar-refractivity contribution in [2.75, 3.05) is 0 Å². The maximum absolute atomic E-state index is 14.6. The number of nitrogens with zero attached hydrogens (tertiary/aromatic N) is 1. The van der Waals surface area contributed by atoms with Gasteiger partial charge in [0.05, 0.1) is 11.4 Å². The second-order valence-electron chi connectivity index (χ2n) is 10.3. The van der Waals surface area contributed by atoms with E-state index < -0.39 is 5.97 Å². The van der Waals surface area contributed by atoms with Gasteiger partial charge in [-0.05, 0) is 77.6 Å². The highest BCUT2D eigenvalue weighted by Gasteiger charge is 2.54. The Morgan fingerprint density at radius 2 is 1.74 bits per heavy atom. The fourth-order valence-electron chi connectivity index (χ4n) is 6.36. The number of halogens is 1. The van der Waals surface area contributed by atoms with Crippen LogP contribution in [-0.2, 0) is 11.3 Å². The van der Waals surface area contributed by atoms with Crippen molar-refractivity contribution in [3.63, 3.8) is 0 Å². The third-order valence-electron chi connectivity index (χ3n) is 7.96. The second kappa shape index (κ2) is 7.79. The van der Waals surface area contributed by atoms with Gasteiger partial charge < -0.3 is 9.67 Å². The number of hydrogen-bond donors (Lipinski definition) is 1. The number of ketones is 1. The summed E-state index contributed by atoms with van der Waals surface area (Å²) in [4.78, 5) is 24.4. The maximum Gasteiger partial charge on any atom is 0.306 e. The van der Waals surface area contributed by atoms with E-state index in [1.54, 1.807) is 12.1 Å². The van der Waals surface area contributed by atoms with Crippen molar-refractivity contribution in [1.82, 2.24) is 4.57 Å². The monoisotopic (exact) mass is 455 g/mol. The number of carbonyl (C=O) groups is 2. The van der Waals surface area contributed by atoms with Gasteiger partial charge in [-0.2, -0.15) is 0 Å². The minimum atomic E-state index is -0.703. The molecule has 0 radical (unpaired) electrons. The van der Waals surface area contributed by atoms with E-state index in [1.165, 1.54) is 11.5 Å². The minimum Gasteiger partial charge on any atom is -0.481 e. The summed E-state index contributed by atoms with van der Waals surface area (Å²) in [7, 11) is 0. The molecule has 2 fully saturated rings. The topological polar surface area (TPSA) is 59.3 Å². The molecule has 4 aromatic rings. The number of carboxylic acids is 1. The third-order valence-corrected chi connectivity index (χ3v) is 7.96. The van der Waals surface area contributed by atoms with E-state index in [-0.39, 0.29) is 28.9 Å². The number of Topliss-reactive ketones (excluding diaryl/α,β-unsaturated/α-hetero) is 1. The standard InChI is InChI=1S/C29H26FNO3/c30-25-8-7-24(26(32)12-19-13-29(14-19)15-22(16-29)28(33)34)27-23(25)9-10-31(27)17-18-5-6-20-3-1-2-4-21(20)11-18/h1-11,19,22H,12-17H2,(H,33,34). The van der Waals surface area contributed by atoms with Gasteiger partial charge >= 0.3 is 5.97 Å². The van der Waals surface area contributed by atoms with Crippen LogP contribution in [0.25, 0.3) is 21.7 Å². The predicted molar refractivity (Wildman–Crippen MR) is 129 cm³/mol. The molecule has 0 atom stereocenters. The zero-order chi connectivity index (χ0) is 23.4. The highest BCUT2D eigenvalue weighted by Crippen LogP contribution is 2.62. The molecular formula is C29H26FNO3. The van der Waals surface area contributed by atoms with Gasteiger partial charge in [-0.3, -0.25) is 9.59 Å². The largest absolute Gasteiger partial charge is 0.481 e. The lowest BCUT2D eigenvalue weighted by molar-refractivity contribution is -0.157. The molecule has 2 aliphatic rings. The quantitative estimate of drug-likeness (QED) is 0.340. The lowest BCUT2D eigenvalue weighted by atomic mass is 9.47. The van der Waals surface area contributed by atoms with Gasteiger partial charge in [-0.1, -0.05) is 36.4 Å². The normalized spacial score (nSPS) is 23.7. The van der Waals surface area contributed by atoms with Gasteiger partial charge in [-0.15, -0.1) is 0 Å². The lowest BCUT2D eigenvalue weighted by Crippen LogP contribution is -2.50. The first-order valence-electron chi connectivity index (χ1n) is 11.9. The Morgan fingerprint density at radius 3 is 2.50 bits per heavy atom. The molecule has 0 saturated heterocycles. The summed E-state index contributed by atoms with van der Waals surface area (Å²) in [6.45, 7) is 0.557. The molecule has 1 spiro atoms. The van der Waals surface area contributed by atoms with Crippen molar-refractivity contribution in [1.29, 1.82) is 0 Å². The summed E-state index contributed by atoms with van der Waals surface area (Å²) in [5.41, 5.74) is 2.46. The molecule has 2 aliphatic carbocycles. The predicted octanol–water partition coefficient (Wildman–Crippen LogP) is 6.45. The molecule has 1 N–H and O–H groups in total. The zero-order valence-electron chi connectivity index (χ0n) is 18.8. The Hall–Kier alpha value is -3.47. The molecule has 34 heavy (non-hydrogen) atoms. The molecule has 4 nitrogen and oxygen atoms in total. The van der Waals surface area contributed by atoms with Crippen LogP contribution in [0.4, 0.5) is 4.39 Å². The van der Waals surface area contributed by atoms with Crippen LogP contribution >= 0.6 is 0 Å². The average Bonchev–Trinajstić information content (AvgIpc) is 3.18. The van der Waals surface area contributed by atoms with Gasteiger partial charge in [0, 0.05) is 30.1 Å². The molecule has 3 aromatic carbocycles. The first-order valence-corrected chi connectivity index (χ1v) is 11.9. The van der Waals surface area contributed by atoms with Crippen LogP contribution in [0.5, 0.6) is 0 Å². The van der Waals surface area contributed by atoms with Gasteiger partial charge in [0.15, 0.2) is 5.78 Å². The Morgan fingerprint density at radius 1 is 0.971 bits per heavy atom. The van der Waals surface area contributed by atoms with Crippen molar-refractivity contribution in [2.45, 2.75) is 38.6 Å². The van der Waals surface area contributed by atoms with E-state index in [1.807, 2.05) is 22.9 Å². The molecule has 0 amide bonds. The third kappa shape index (κ3) is 3.51. The number of benzene rings is 3. The maximum atomic E-state index is 14.6. The molecule has 0 aliphatic heterocycles. The van der Waals surface area contributed by atoms with Crippen molar-refractivity contribution >= 4 is 33.4 Å². The molecule has 172 valence electrons. The number of fused-ring (bicyclic) bond motifs is 2. The van der Waals surface area contributed by atoms with E-state index in [2.05, 4.69) is 30.3 Å². The first-order chi connectivity index (χ1) is 16.4. The van der Waals surface area contributed by atoms with Crippen LogP contribution in [0.1, 0.15) is 48.0 Å². The fraction of sp³-hybridized carbons (Fsp3) is 0.310. The van der Waals surface area contributed by atoms with Crippen LogP contribution in [0.2, 0.25) is 0 Å². The molecule has 5 heteroatoms. The van der Waals surface area contributed by atoms with E-state index >= 15 is 0 Å². The summed E-state index contributed by atoms with van der Waals surface area (Å²) in [6.07, 6.45) is 5.61. The van der Waals surface area contributed by atoms with Gasteiger partial charge in [0.2, 0.25) is 0 Å². The smallest absolute Gasteiger partial charge is 0.306 e. The molecular weight excluding hydrogens is 429 g/mol. The Labute approximate surface area is 197 Å². The Bertz CT molecular complexity index is 1440. The van der Waals surface area contributed by atoms with Crippen molar-refractivity contribution in [2.24, 2.45) is 17.3 Å². The summed E-state index contributed by atoms with van der Waals surface area (Å²) in [6, 6.07) is 19.2.